The van der Waals surface area contributed by atoms with Crippen molar-refractivity contribution in [2.45, 2.75) is 38.3 Å². The molecule has 2 saturated heterocycles. The third kappa shape index (κ3) is 4.03. The Hall–Kier alpha value is -1.88. The zero-order valence-corrected chi connectivity index (χ0v) is 16.7. The third-order valence-electron chi connectivity index (χ3n) is 5.23. The number of carbonyl (C=O) groups is 1. The molecule has 0 saturated carbocycles. The van der Waals surface area contributed by atoms with Gasteiger partial charge in [0.2, 0.25) is 15.9 Å². The van der Waals surface area contributed by atoms with E-state index in [2.05, 4.69) is 25.7 Å². The summed E-state index contributed by atoms with van der Waals surface area (Å²) in [7, 11) is -3.43. The lowest BCUT2D eigenvalue weighted by Crippen LogP contribution is -2.73. The van der Waals surface area contributed by atoms with E-state index >= 15 is 0 Å². The fourth-order valence-corrected chi connectivity index (χ4v) is 4.64. The predicted molar refractivity (Wildman–Crippen MR) is 103 cm³/mol. The number of amides is 1. The fraction of sp³-hybridized carbons (Fsp3) is 0.550. The minimum atomic E-state index is -3.43. The van der Waals surface area contributed by atoms with Gasteiger partial charge in [0.25, 0.3) is 0 Å². The van der Waals surface area contributed by atoms with Crippen molar-refractivity contribution in [2.75, 3.05) is 26.0 Å². The second kappa shape index (κ2) is 7.63. The lowest BCUT2D eigenvalue weighted by Gasteiger charge is -2.58. The van der Waals surface area contributed by atoms with E-state index in [-0.39, 0.29) is 43.6 Å². The van der Waals surface area contributed by atoms with Crippen LogP contribution in [0.2, 0.25) is 0 Å². The second-order valence-corrected chi connectivity index (χ2v) is 9.70. The van der Waals surface area contributed by atoms with Crippen molar-refractivity contribution in [1.82, 2.24) is 9.21 Å². The SMILES string of the molecule is CC(C)CC#Cc1ccc([C@H]2[C@H](CO)N3C(=O)CN(S(C)(=O)=O)C[C@@H]23)cc1. The highest BCUT2D eigenvalue weighted by molar-refractivity contribution is 7.88. The third-order valence-corrected chi connectivity index (χ3v) is 6.44. The van der Waals surface area contributed by atoms with Crippen LogP contribution in [-0.2, 0) is 14.8 Å². The van der Waals surface area contributed by atoms with Gasteiger partial charge in [-0.25, -0.2) is 8.42 Å². The zero-order valence-electron chi connectivity index (χ0n) is 15.9. The van der Waals surface area contributed by atoms with Crippen LogP contribution < -0.4 is 0 Å². The monoisotopic (exact) mass is 390 g/mol. The van der Waals surface area contributed by atoms with Crippen molar-refractivity contribution in [1.29, 1.82) is 0 Å². The topological polar surface area (TPSA) is 77.9 Å². The molecule has 2 aliphatic heterocycles. The number of sulfonamides is 1. The number of hydrogen-bond donors (Lipinski definition) is 1. The average molecular weight is 391 g/mol. The highest BCUT2D eigenvalue weighted by Crippen LogP contribution is 2.43. The Morgan fingerprint density at radius 2 is 1.93 bits per heavy atom. The van der Waals surface area contributed by atoms with Crippen LogP contribution in [0.4, 0.5) is 0 Å². The summed E-state index contributed by atoms with van der Waals surface area (Å²) in [6.07, 6.45) is 1.97. The van der Waals surface area contributed by atoms with Crippen LogP contribution in [0.15, 0.2) is 24.3 Å². The van der Waals surface area contributed by atoms with E-state index in [1.807, 2.05) is 24.3 Å². The molecule has 7 heteroatoms. The highest BCUT2D eigenvalue weighted by Gasteiger charge is 2.54. The fourth-order valence-electron chi connectivity index (χ4n) is 3.87. The first kappa shape index (κ1) is 19.9. The van der Waals surface area contributed by atoms with Crippen LogP contribution in [0.1, 0.15) is 37.3 Å². The van der Waals surface area contributed by atoms with Crippen molar-refractivity contribution >= 4 is 15.9 Å². The van der Waals surface area contributed by atoms with E-state index in [1.54, 1.807) is 4.90 Å². The number of piperazine rings is 1. The van der Waals surface area contributed by atoms with E-state index in [9.17, 15) is 18.3 Å². The van der Waals surface area contributed by atoms with E-state index < -0.39 is 10.0 Å². The van der Waals surface area contributed by atoms with Gasteiger partial charge in [-0.15, -0.1) is 0 Å². The molecule has 1 aromatic rings. The van der Waals surface area contributed by atoms with Gasteiger partial charge in [-0.1, -0.05) is 37.8 Å². The molecule has 1 N–H and O–H groups in total. The molecule has 3 atom stereocenters. The summed E-state index contributed by atoms with van der Waals surface area (Å²) in [6.45, 7) is 4.23. The summed E-state index contributed by atoms with van der Waals surface area (Å²) >= 11 is 0. The van der Waals surface area contributed by atoms with Crippen molar-refractivity contribution in [3.8, 4) is 11.8 Å². The van der Waals surface area contributed by atoms with E-state index in [0.717, 1.165) is 23.8 Å². The zero-order chi connectivity index (χ0) is 19.8. The number of aliphatic hydroxyl groups excluding tert-OH is 1. The molecule has 0 unspecified atom stereocenters. The number of benzene rings is 1. The summed E-state index contributed by atoms with van der Waals surface area (Å²) in [6, 6.07) is 7.28. The van der Waals surface area contributed by atoms with Crippen LogP contribution in [-0.4, -0.2) is 66.7 Å². The van der Waals surface area contributed by atoms with Gasteiger partial charge in [0.05, 0.1) is 31.5 Å². The lowest BCUT2D eigenvalue weighted by atomic mass is 9.74. The van der Waals surface area contributed by atoms with Crippen molar-refractivity contribution in [2.24, 2.45) is 5.92 Å². The Kier molecular flexibility index (Phi) is 5.61. The molecule has 0 spiro atoms. The molecular formula is C20H26N2O4S. The van der Waals surface area contributed by atoms with Gasteiger partial charge in [-0.3, -0.25) is 4.79 Å². The number of hydrogen-bond acceptors (Lipinski definition) is 4. The molecule has 1 amide bonds. The molecule has 27 heavy (non-hydrogen) atoms. The smallest absolute Gasteiger partial charge is 0.238 e. The maximum absolute atomic E-state index is 12.4. The quantitative estimate of drug-likeness (QED) is 0.779. The molecule has 3 rings (SSSR count). The van der Waals surface area contributed by atoms with Gasteiger partial charge in [-0.2, -0.15) is 4.31 Å². The molecule has 0 aliphatic carbocycles. The molecule has 6 nitrogen and oxygen atoms in total. The Labute approximate surface area is 161 Å². The molecule has 2 fully saturated rings. The Balaban J connectivity index is 1.80. The second-order valence-electron chi connectivity index (χ2n) is 7.72. The van der Waals surface area contributed by atoms with Crippen LogP contribution in [0.3, 0.4) is 0 Å². The van der Waals surface area contributed by atoms with Gasteiger partial charge < -0.3 is 10.0 Å². The van der Waals surface area contributed by atoms with Gasteiger partial charge in [0.15, 0.2) is 0 Å². The molecular weight excluding hydrogens is 364 g/mol. The maximum atomic E-state index is 12.4. The van der Waals surface area contributed by atoms with Crippen LogP contribution in [0.5, 0.6) is 0 Å². The molecule has 146 valence electrons. The Morgan fingerprint density at radius 3 is 2.48 bits per heavy atom. The largest absolute Gasteiger partial charge is 0.394 e. The van der Waals surface area contributed by atoms with Crippen LogP contribution in [0, 0.1) is 17.8 Å². The van der Waals surface area contributed by atoms with Crippen molar-refractivity contribution in [3.63, 3.8) is 0 Å². The Morgan fingerprint density at radius 1 is 1.26 bits per heavy atom. The molecule has 0 aromatic heterocycles. The van der Waals surface area contributed by atoms with Gasteiger partial charge in [-0.05, 0) is 23.6 Å². The summed E-state index contributed by atoms with van der Waals surface area (Å²) < 4.78 is 25.0. The standard InChI is InChI=1S/C20H26N2O4S/c1-14(2)5-4-6-15-7-9-16(10-8-15)20-17-11-21(27(3,25)26)12-19(24)22(17)18(20)13-23/h7-10,14,17-18,20,23H,5,11-13H2,1-3H3/t17-,18-,20+/m0/s1. The number of fused-ring (bicyclic) bond motifs is 1. The van der Waals surface area contributed by atoms with Crippen molar-refractivity contribution in [3.05, 3.63) is 35.4 Å². The Bertz CT molecular complexity index is 867. The molecule has 2 aliphatic rings. The lowest BCUT2D eigenvalue weighted by molar-refractivity contribution is -0.158. The highest BCUT2D eigenvalue weighted by atomic mass is 32.2. The number of rotatable bonds is 4. The molecule has 0 bridgehead atoms. The minimum absolute atomic E-state index is 0.0822. The summed E-state index contributed by atoms with van der Waals surface area (Å²) in [5.74, 6) is 6.50. The van der Waals surface area contributed by atoms with E-state index in [4.69, 9.17) is 0 Å². The minimum Gasteiger partial charge on any atom is -0.394 e. The summed E-state index contributed by atoms with van der Waals surface area (Å²) in [4.78, 5) is 14.0. The normalized spacial score (nSPS) is 25.6. The molecule has 2 heterocycles. The predicted octanol–water partition coefficient (Wildman–Crippen LogP) is 1.01. The van der Waals surface area contributed by atoms with Crippen LogP contribution >= 0.6 is 0 Å². The first-order chi connectivity index (χ1) is 12.7. The van der Waals surface area contributed by atoms with E-state index in [0.29, 0.717) is 5.92 Å². The maximum Gasteiger partial charge on any atom is 0.238 e. The van der Waals surface area contributed by atoms with E-state index in [1.165, 1.54) is 4.31 Å². The molecule has 0 radical (unpaired) electrons. The number of aliphatic hydroxyl groups is 1. The van der Waals surface area contributed by atoms with Crippen molar-refractivity contribution < 1.29 is 18.3 Å². The number of nitrogens with zero attached hydrogens (tertiary/aromatic N) is 2. The average Bonchev–Trinajstić information content (AvgIpc) is 2.56. The first-order valence-electron chi connectivity index (χ1n) is 9.18. The van der Waals surface area contributed by atoms with Gasteiger partial charge in [0.1, 0.15) is 0 Å². The molecule has 1 aromatic carbocycles. The summed E-state index contributed by atoms with van der Waals surface area (Å²) in [5.41, 5.74) is 1.92. The van der Waals surface area contributed by atoms with Gasteiger partial charge in [0, 0.05) is 24.4 Å². The van der Waals surface area contributed by atoms with Crippen LogP contribution in [0.25, 0.3) is 0 Å². The first-order valence-corrected chi connectivity index (χ1v) is 11.0. The number of carbonyl (C=O) groups excluding carboxylic acids is 1. The van der Waals surface area contributed by atoms with Gasteiger partial charge >= 0.3 is 0 Å². The summed E-state index contributed by atoms with van der Waals surface area (Å²) in [5, 5.41) is 9.77.